The minimum Gasteiger partial charge on any atom is -0.374 e. The molecule has 0 radical (unpaired) electrons. The quantitative estimate of drug-likeness (QED) is 0.829. The van der Waals surface area contributed by atoms with E-state index in [1.807, 2.05) is 0 Å². The molecule has 0 aromatic heterocycles. The van der Waals surface area contributed by atoms with Crippen molar-refractivity contribution in [1.82, 2.24) is 5.32 Å². The highest BCUT2D eigenvalue weighted by atomic mass is 16.5. The molecule has 0 aliphatic carbocycles. The first-order valence-corrected chi connectivity index (χ1v) is 8.65. The van der Waals surface area contributed by atoms with Crippen LogP contribution in [-0.4, -0.2) is 31.4 Å². The van der Waals surface area contributed by atoms with Crippen molar-refractivity contribution in [3.63, 3.8) is 0 Å². The van der Waals surface area contributed by atoms with Gasteiger partial charge in [0.1, 0.15) is 0 Å². The fraction of sp³-hybridized carbons (Fsp3) is 0.684. The third-order valence-corrected chi connectivity index (χ3v) is 4.13. The van der Waals surface area contributed by atoms with Gasteiger partial charge in [-0.2, -0.15) is 0 Å². The minimum absolute atomic E-state index is 0.149. The third kappa shape index (κ3) is 5.71. The maximum absolute atomic E-state index is 6.14. The molecule has 0 saturated carbocycles. The van der Waals surface area contributed by atoms with Gasteiger partial charge < -0.3 is 14.8 Å². The first-order valence-electron chi connectivity index (χ1n) is 8.65. The Hall–Kier alpha value is -0.900. The Morgan fingerprint density at radius 3 is 2.45 bits per heavy atom. The van der Waals surface area contributed by atoms with Crippen molar-refractivity contribution in [2.75, 3.05) is 13.1 Å². The molecule has 1 aliphatic rings. The lowest BCUT2D eigenvalue weighted by molar-refractivity contribution is -0.0130. The van der Waals surface area contributed by atoms with Gasteiger partial charge >= 0.3 is 0 Å². The van der Waals surface area contributed by atoms with Crippen molar-refractivity contribution in [2.45, 2.75) is 71.4 Å². The summed E-state index contributed by atoms with van der Waals surface area (Å²) in [5.41, 5.74) is 2.57. The highest BCUT2D eigenvalue weighted by Crippen LogP contribution is 2.20. The van der Waals surface area contributed by atoms with Gasteiger partial charge in [0.25, 0.3) is 0 Å². The molecule has 0 spiro atoms. The third-order valence-electron chi connectivity index (χ3n) is 4.13. The molecule has 1 aromatic rings. The Labute approximate surface area is 135 Å². The van der Waals surface area contributed by atoms with Crippen LogP contribution in [0.15, 0.2) is 24.3 Å². The highest BCUT2D eigenvalue weighted by molar-refractivity contribution is 5.24. The van der Waals surface area contributed by atoms with Gasteiger partial charge in [0, 0.05) is 6.54 Å². The number of hydrogen-bond acceptors (Lipinski definition) is 3. The average Bonchev–Trinajstić information content (AvgIpc) is 2.48. The van der Waals surface area contributed by atoms with Gasteiger partial charge in [-0.25, -0.2) is 0 Å². The lowest BCUT2D eigenvalue weighted by Gasteiger charge is -2.26. The number of benzene rings is 1. The van der Waals surface area contributed by atoms with Crippen LogP contribution in [0.2, 0.25) is 0 Å². The molecule has 0 amide bonds. The summed E-state index contributed by atoms with van der Waals surface area (Å²) >= 11 is 0. The fourth-order valence-corrected chi connectivity index (χ4v) is 3.06. The molecular weight excluding hydrogens is 274 g/mol. The monoisotopic (exact) mass is 305 g/mol. The second-order valence-electron chi connectivity index (χ2n) is 6.69. The topological polar surface area (TPSA) is 30.5 Å². The maximum Gasteiger partial charge on any atom is 0.0800 e. The number of nitrogens with one attached hydrogen (secondary N) is 1. The minimum atomic E-state index is 0.149. The Morgan fingerprint density at radius 2 is 1.86 bits per heavy atom. The molecule has 3 nitrogen and oxygen atoms in total. The maximum atomic E-state index is 6.14. The van der Waals surface area contributed by atoms with Crippen LogP contribution in [-0.2, 0) is 15.9 Å². The lowest BCUT2D eigenvalue weighted by Crippen LogP contribution is -2.37. The zero-order valence-electron chi connectivity index (χ0n) is 14.5. The van der Waals surface area contributed by atoms with Crippen LogP contribution in [0.5, 0.6) is 0 Å². The van der Waals surface area contributed by atoms with Gasteiger partial charge in [-0.1, -0.05) is 24.3 Å². The number of hydrogen-bond donors (Lipinski definition) is 1. The van der Waals surface area contributed by atoms with E-state index in [4.69, 9.17) is 9.47 Å². The van der Waals surface area contributed by atoms with Gasteiger partial charge in [0.05, 0.1) is 24.4 Å². The number of piperidine rings is 1. The van der Waals surface area contributed by atoms with Gasteiger partial charge in [-0.05, 0) is 64.6 Å². The molecule has 1 saturated heterocycles. The van der Waals surface area contributed by atoms with Crippen LogP contribution in [0.1, 0.15) is 57.8 Å². The van der Waals surface area contributed by atoms with Crippen LogP contribution < -0.4 is 5.32 Å². The zero-order chi connectivity index (χ0) is 15.9. The van der Waals surface area contributed by atoms with E-state index in [0.717, 1.165) is 19.5 Å². The molecule has 124 valence electrons. The summed E-state index contributed by atoms with van der Waals surface area (Å²) in [6.07, 6.45) is 4.42. The van der Waals surface area contributed by atoms with Crippen molar-refractivity contribution < 1.29 is 9.47 Å². The summed E-state index contributed by atoms with van der Waals surface area (Å²) < 4.78 is 12.0. The number of rotatable bonds is 7. The van der Waals surface area contributed by atoms with Crippen molar-refractivity contribution in [3.8, 4) is 0 Å². The smallest absolute Gasteiger partial charge is 0.0800 e. The predicted molar refractivity (Wildman–Crippen MR) is 91.2 cm³/mol. The summed E-state index contributed by atoms with van der Waals surface area (Å²) in [6.45, 7) is 10.6. The van der Waals surface area contributed by atoms with E-state index < -0.39 is 0 Å². The molecule has 0 bridgehead atoms. The molecule has 1 fully saturated rings. The van der Waals surface area contributed by atoms with Crippen LogP contribution >= 0.6 is 0 Å². The molecule has 3 heteroatoms. The van der Waals surface area contributed by atoms with E-state index in [0.29, 0.717) is 6.10 Å². The van der Waals surface area contributed by atoms with Crippen LogP contribution in [0.3, 0.4) is 0 Å². The Bertz CT molecular complexity index is 424. The van der Waals surface area contributed by atoms with Crippen molar-refractivity contribution >= 4 is 0 Å². The molecule has 1 aliphatic heterocycles. The SMILES string of the molecule is CC(C)O[C@@H](C)c1ccc(CC(C)OC2CCCNC2)cc1. The van der Waals surface area contributed by atoms with Crippen molar-refractivity contribution in [3.05, 3.63) is 35.4 Å². The first-order chi connectivity index (χ1) is 10.5. The summed E-state index contributed by atoms with van der Waals surface area (Å²) in [5, 5.41) is 3.40. The summed E-state index contributed by atoms with van der Waals surface area (Å²) in [7, 11) is 0. The van der Waals surface area contributed by atoms with E-state index >= 15 is 0 Å². The first kappa shape index (κ1) is 17.5. The van der Waals surface area contributed by atoms with Crippen molar-refractivity contribution in [2.24, 2.45) is 0 Å². The lowest BCUT2D eigenvalue weighted by atomic mass is 10.0. The standard InChI is InChI=1S/C19H31NO2/c1-14(2)21-16(4)18-9-7-17(8-10-18)12-15(3)22-19-6-5-11-20-13-19/h7-10,14-16,19-20H,5-6,11-13H2,1-4H3/t15?,16-,19?/m0/s1. The highest BCUT2D eigenvalue weighted by Gasteiger charge is 2.16. The second-order valence-corrected chi connectivity index (χ2v) is 6.69. The van der Waals surface area contributed by atoms with E-state index in [9.17, 15) is 0 Å². The largest absolute Gasteiger partial charge is 0.374 e. The zero-order valence-corrected chi connectivity index (χ0v) is 14.5. The van der Waals surface area contributed by atoms with E-state index in [-0.39, 0.29) is 18.3 Å². The molecule has 1 N–H and O–H groups in total. The van der Waals surface area contributed by atoms with Gasteiger partial charge in [0.2, 0.25) is 0 Å². The molecule has 1 heterocycles. The van der Waals surface area contributed by atoms with Crippen molar-refractivity contribution in [1.29, 1.82) is 0 Å². The molecule has 3 atom stereocenters. The Morgan fingerprint density at radius 1 is 1.14 bits per heavy atom. The normalized spacial score (nSPS) is 21.8. The molecule has 2 rings (SSSR count). The van der Waals surface area contributed by atoms with E-state index in [1.165, 1.54) is 24.0 Å². The Kier molecular flexibility index (Phi) is 6.87. The predicted octanol–water partition coefficient (Wildman–Crippen LogP) is 3.87. The van der Waals surface area contributed by atoms with E-state index in [1.54, 1.807) is 0 Å². The second kappa shape index (κ2) is 8.66. The summed E-state index contributed by atoms with van der Waals surface area (Å²) in [5.74, 6) is 0. The fourth-order valence-electron chi connectivity index (χ4n) is 3.06. The van der Waals surface area contributed by atoms with Gasteiger partial charge in [0.15, 0.2) is 0 Å². The number of ether oxygens (including phenoxy) is 2. The summed E-state index contributed by atoms with van der Waals surface area (Å²) in [6, 6.07) is 8.76. The van der Waals surface area contributed by atoms with E-state index in [2.05, 4.69) is 57.3 Å². The summed E-state index contributed by atoms with van der Waals surface area (Å²) in [4.78, 5) is 0. The van der Waals surface area contributed by atoms with Crippen LogP contribution in [0.4, 0.5) is 0 Å². The molecule has 1 aromatic carbocycles. The molecule has 22 heavy (non-hydrogen) atoms. The van der Waals surface area contributed by atoms with Gasteiger partial charge in [-0.3, -0.25) is 0 Å². The Balaban J connectivity index is 1.82. The molecular formula is C19H31NO2. The molecule has 2 unspecified atom stereocenters. The van der Waals surface area contributed by atoms with Gasteiger partial charge in [-0.15, -0.1) is 0 Å². The van der Waals surface area contributed by atoms with Crippen LogP contribution in [0.25, 0.3) is 0 Å². The van der Waals surface area contributed by atoms with Crippen LogP contribution in [0, 0.1) is 0 Å². The average molecular weight is 305 g/mol.